The van der Waals surface area contributed by atoms with Crippen molar-refractivity contribution in [2.24, 2.45) is 0 Å². The Morgan fingerprint density at radius 1 is 0.667 bits per heavy atom. The third-order valence-corrected chi connectivity index (χ3v) is 6.52. The van der Waals surface area contributed by atoms with Crippen molar-refractivity contribution < 1.29 is 77.3 Å². The summed E-state index contributed by atoms with van der Waals surface area (Å²) in [5.74, 6) is -0.125. The van der Waals surface area contributed by atoms with Crippen LogP contribution in [0.5, 0.6) is 11.5 Å². The molecular weight excluding hydrogens is 555 g/mol. The number of alkyl halides is 9. The predicted octanol–water partition coefficient (Wildman–Crippen LogP) is 3.24. The molecule has 21 heteroatoms. The van der Waals surface area contributed by atoms with Crippen LogP contribution < -0.4 is 8.92 Å². The summed E-state index contributed by atoms with van der Waals surface area (Å²) in [4.78, 5) is 0. The molecule has 0 radical (unpaired) electrons. The van der Waals surface area contributed by atoms with Gasteiger partial charge in [0.15, 0.2) is 5.75 Å². The quantitative estimate of drug-likeness (QED) is 0.300. The normalized spacial score (nSPS) is 13.7. The average molecular weight is 566 g/mol. The SMILES string of the molecule is COc1ccc(C)c(OS(=O)(=O)C(F)(F)F)c1C.O=S(=O)(OS(=O)(=O)C(F)(F)F)C(F)(F)F. The molecule has 194 valence electrons. The number of halogens is 9. The minimum atomic E-state index is -6.85. The summed E-state index contributed by atoms with van der Waals surface area (Å²) < 4.78 is 178. The number of ether oxygens (including phenoxy) is 1. The van der Waals surface area contributed by atoms with Crippen LogP contribution in [0.25, 0.3) is 0 Å². The Hall–Kier alpha value is -2.00. The second-order valence-electron chi connectivity index (χ2n) is 5.39. The zero-order valence-corrected chi connectivity index (χ0v) is 18.4. The minimum Gasteiger partial charge on any atom is -0.496 e. The zero-order chi connectivity index (χ0) is 26.8. The lowest BCUT2D eigenvalue weighted by atomic mass is 10.1. The van der Waals surface area contributed by atoms with E-state index in [1.54, 1.807) is 0 Å². The maximum Gasteiger partial charge on any atom is 0.534 e. The molecule has 0 saturated carbocycles. The van der Waals surface area contributed by atoms with Gasteiger partial charge < -0.3 is 8.92 Å². The van der Waals surface area contributed by atoms with Crippen LogP contribution in [0.3, 0.4) is 0 Å². The van der Waals surface area contributed by atoms with Crippen molar-refractivity contribution in [3.05, 3.63) is 23.3 Å². The molecule has 0 N–H and O–H groups in total. The molecule has 0 fully saturated rings. The van der Waals surface area contributed by atoms with Crippen LogP contribution >= 0.6 is 0 Å². The van der Waals surface area contributed by atoms with Gasteiger partial charge in [-0.1, -0.05) is 6.07 Å². The molecule has 1 aromatic carbocycles. The molecule has 0 atom stereocenters. The summed E-state index contributed by atoms with van der Waals surface area (Å²) >= 11 is 0. The van der Waals surface area contributed by atoms with E-state index in [-0.39, 0.29) is 22.6 Å². The Bertz CT molecular complexity index is 1120. The molecule has 0 aliphatic heterocycles. The lowest BCUT2D eigenvalue weighted by Crippen LogP contribution is -2.34. The van der Waals surface area contributed by atoms with Crippen LogP contribution in [0.2, 0.25) is 0 Å². The number of hydrogen-bond acceptors (Lipinski definition) is 9. The molecule has 0 aromatic heterocycles. The van der Waals surface area contributed by atoms with E-state index >= 15 is 0 Å². The minimum absolute atomic E-state index is 0.185. The van der Waals surface area contributed by atoms with Crippen LogP contribution in [0, 0.1) is 13.8 Å². The Balaban J connectivity index is 0.000000633. The molecule has 0 bridgehead atoms. The van der Waals surface area contributed by atoms with Crippen LogP contribution in [-0.2, 0) is 34.0 Å². The second kappa shape index (κ2) is 9.70. The number of hydrogen-bond donors (Lipinski definition) is 0. The van der Waals surface area contributed by atoms with E-state index in [4.69, 9.17) is 4.74 Å². The first-order valence-corrected chi connectivity index (χ1v) is 11.5. The van der Waals surface area contributed by atoms with Crippen LogP contribution in [0.4, 0.5) is 39.5 Å². The van der Waals surface area contributed by atoms with Gasteiger partial charge in [-0.25, -0.2) is 0 Å². The van der Waals surface area contributed by atoms with Gasteiger partial charge in [0.1, 0.15) is 5.75 Å². The summed E-state index contributed by atoms with van der Waals surface area (Å²) in [6, 6.07) is 2.92. The molecule has 33 heavy (non-hydrogen) atoms. The highest BCUT2D eigenvalue weighted by Crippen LogP contribution is 2.35. The fraction of sp³-hybridized carbons (Fsp3) is 0.500. The molecule has 1 rings (SSSR count). The monoisotopic (exact) mass is 566 g/mol. The number of methoxy groups -OCH3 is 1. The van der Waals surface area contributed by atoms with Gasteiger partial charge in [0.25, 0.3) is 0 Å². The summed E-state index contributed by atoms with van der Waals surface area (Å²) in [6.07, 6.45) is 0. The van der Waals surface area contributed by atoms with Crippen molar-refractivity contribution in [2.75, 3.05) is 7.11 Å². The topological polar surface area (TPSA) is 130 Å². The first-order valence-electron chi connectivity index (χ1n) is 7.29. The largest absolute Gasteiger partial charge is 0.534 e. The zero-order valence-electron chi connectivity index (χ0n) is 16.0. The molecule has 9 nitrogen and oxygen atoms in total. The Kier molecular flexibility index (Phi) is 9.11. The number of aryl methyl sites for hydroxylation is 1. The van der Waals surface area contributed by atoms with Crippen LogP contribution in [0.15, 0.2) is 12.1 Å². The van der Waals surface area contributed by atoms with Crippen molar-refractivity contribution in [2.45, 2.75) is 30.4 Å². The van der Waals surface area contributed by atoms with Crippen molar-refractivity contribution in [3.8, 4) is 11.5 Å². The molecule has 0 spiro atoms. The third kappa shape index (κ3) is 7.78. The maximum atomic E-state index is 12.2. The average Bonchev–Trinajstić information content (AvgIpc) is 2.55. The molecule has 0 aliphatic carbocycles. The van der Waals surface area contributed by atoms with Gasteiger partial charge in [0.05, 0.1) is 7.11 Å². The first-order chi connectivity index (χ1) is 14.3. The number of benzene rings is 1. The lowest BCUT2D eigenvalue weighted by Gasteiger charge is -2.15. The Morgan fingerprint density at radius 2 is 1.03 bits per heavy atom. The molecule has 1 aromatic rings. The van der Waals surface area contributed by atoms with E-state index in [9.17, 15) is 64.8 Å². The van der Waals surface area contributed by atoms with Crippen molar-refractivity contribution in [3.63, 3.8) is 0 Å². The highest BCUT2D eigenvalue weighted by Gasteiger charge is 2.57. The highest BCUT2D eigenvalue weighted by atomic mass is 32.3. The van der Waals surface area contributed by atoms with Gasteiger partial charge in [0, 0.05) is 5.56 Å². The van der Waals surface area contributed by atoms with E-state index in [1.165, 1.54) is 33.1 Å². The summed E-state index contributed by atoms with van der Waals surface area (Å²) in [6.45, 7) is 2.85. The second-order valence-corrected chi connectivity index (χ2v) is 10.2. The van der Waals surface area contributed by atoms with Gasteiger partial charge in [-0.15, -0.1) is 3.63 Å². The van der Waals surface area contributed by atoms with Crippen molar-refractivity contribution in [1.82, 2.24) is 0 Å². The summed E-state index contributed by atoms with van der Waals surface area (Å²) in [5, 5.41) is 0. The molecule has 0 heterocycles. The van der Waals surface area contributed by atoms with Crippen molar-refractivity contribution >= 4 is 30.4 Å². The van der Waals surface area contributed by atoms with Crippen LogP contribution in [0.1, 0.15) is 11.1 Å². The highest BCUT2D eigenvalue weighted by molar-refractivity contribution is 8.00. The van der Waals surface area contributed by atoms with Gasteiger partial charge in [-0.05, 0) is 25.5 Å². The van der Waals surface area contributed by atoms with Gasteiger partial charge >= 0.3 is 46.9 Å². The maximum absolute atomic E-state index is 12.2. The lowest BCUT2D eigenvalue weighted by molar-refractivity contribution is -0.0586. The van der Waals surface area contributed by atoms with E-state index in [2.05, 4.69) is 4.18 Å². The Morgan fingerprint density at radius 3 is 1.33 bits per heavy atom. The fourth-order valence-corrected chi connectivity index (χ4v) is 3.64. The van der Waals surface area contributed by atoms with E-state index in [0.717, 1.165) is 0 Å². The smallest absolute Gasteiger partial charge is 0.496 e. The van der Waals surface area contributed by atoms with E-state index in [0.29, 0.717) is 0 Å². The van der Waals surface area contributed by atoms with E-state index in [1.807, 2.05) is 3.63 Å². The number of rotatable bonds is 5. The fourth-order valence-electron chi connectivity index (χ4n) is 1.51. The first kappa shape index (κ1) is 31.0. The molecule has 0 amide bonds. The standard InChI is InChI=1S/C10H11F3O4S.C2F6O5S2/c1-6-4-5-8(16-3)7(2)9(6)17-18(14,15)10(11,12)13;3-1(4,5)14(9,10)13-15(11,12)2(6,7)8/h4-5H,1-3H3;. The van der Waals surface area contributed by atoms with E-state index < -0.39 is 46.9 Å². The Labute approximate surface area is 180 Å². The molecule has 0 aliphatic rings. The predicted molar refractivity (Wildman–Crippen MR) is 89.1 cm³/mol. The van der Waals surface area contributed by atoms with Crippen LogP contribution in [-0.4, -0.2) is 48.9 Å². The molecule has 0 saturated heterocycles. The molecule has 0 unspecified atom stereocenters. The van der Waals surface area contributed by atoms with Gasteiger partial charge in [0.2, 0.25) is 0 Å². The van der Waals surface area contributed by atoms with Gasteiger partial charge in [-0.2, -0.15) is 64.8 Å². The molecular formula is C12H11F9O9S3. The van der Waals surface area contributed by atoms with Gasteiger partial charge in [-0.3, -0.25) is 0 Å². The summed E-state index contributed by atoms with van der Waals surface area (Å²) in [5.41, 5.74) is -17.5. The third-order valence-electron chi connectivity index (χ3n) is 3.00. The summed E-state index contributed by atoms with van der Waals surface area (Å²) in [7, 11) is -18.1. The van der Waals surface area contributed by atoms with Crippen molar-refractivity contribution in [1.29, 1.82) is 0 Å².